The molecule has 0 radical (unpaired) electrons. The van der Waals surface area contributed by atoms with Crippen LogP contribution in [0.3, 0.4) is 0 Å². The molecule has 3 aromatic rings. The molecule has 2 aromatic carbocycles. The Morgan fingerprint density at radius 1 is 1.05 bits per heavy atom. The maximum Gasteiger partial charge on any atom is 0.258 e. The number of nitrogens with one attached hydrogen (secondary N) is 1. The van der Waals surface area contributed by atoms with Gasteiger partial charge in [0.15, 0.2) is 0 Å². The van der Waals surface area contributed by atoms with Crippen molar-refractivity contribution < 1.29 is 18.7 Å². The van der Waals surface area contributed by atoms with Crippen LogP contribution >= 0.6 is 15.9 Å². The lowest BCUT2D eigenvalue weighted by atomic mass is 10.0. The topological polar surface area (TPSA) is 86.3 Å². The van der Waals surface area contributed by atoms with E-state index in [1.165, 1.54) is 6.07 Å². The average Bonchev–Trinajstić information content (AvgIpc) is 3.81. The molecular formula is C32H37BrFN7O3. The lowest BCUT2D eigenvalue weighted by Gasteiger charge is -2.42. The van der Waals surface area contributed by atoms with Crippen molar-refractivity contribution in [1.29, 1.82) is 0 Å². The van der Waals surface area contributed by atoms with E-state index in [1.807, 2.05) is 24.1 Å². The first kappa shape index (κ1) is 29.2. The van der Waals surface area contributed by atoms with Crippen molar-refractivity contribution in [3.8, 4) is 17.4 Å². The zero-order valence-corrected chi connectivity index (χ0v) is 26.9. The molecule has 0 unspecified atom stereocenters. The van der Waals surface area contributed by atoms with Gasteiger partial charge in [-0.2, -0.15) is 4.98 Å². The molecule has 4 heterocycles. The molecule has 3 aliphatic heterocycles. The average molecular weight is 667 g/mol. The molecule has 1 amide bonds. The second-order valence-corrected chi connectivity index (χ2v) is 13.1. The van der Waals surface area contributed by atoms with Crippen LogP contribution in [0.1, 0.15) is 41.6 Å². The zero-order valence-electron chi connectivity index (χ0n) is 25.3. The summed E-state index contributed by atoms with van der Waals surface area (Å²) in [6, 6.07) is 9.40. The number of halogens is 2. The third-order valence-electron chi connectivity index (χ3n) is 9.71. The smallest absolute Gasteiger partial charge is 0.258 e. The van der Waals surface area contributed by atoms with E-state index in [0.717, 1.165) is 70.5 Å². The largest absolute Gasteiger partial charge is 0.494 e. The van der Waals surface area contributed by atoms with Crippen molar-refractivity contribution in [3.63, 3.8) is 0 Å². The number of ether oxygens (including phenoxy) is 2. The van der Waals surface area contributed by atoms with E-state index in [0.29, 0.717) is 39.0 Å². The predicted molar refractivity (Wildman–Crippen MR) is 170 cm³/mol. The minimum atomic E-state index is -0.337. The molecule has 1 N–H and O–H groups in total. The number of piperidine rings is 1. The first-order chi connectivity index (χ1) is 21.3. The van der Waals surface area contributed by atoms with Crippen molar-refractivity contribution in [3.05, 3.63) is 57.9 Å². The molecule has 7 rings (SSSR count). The molecule has 10 nitrogen and oxygen atoms in total. The summed E-state index contributed by atoms with van der Waals surface area (Å²) in [4.78, 5) is 30.9. The van der Waals surface area contributed by atoms with E-state index < -0.39 is 0 Å². The molecule has 232 valence electrons. The Labute approximate surface area is 265 Å². The van der Waals surface area contributed by atoms with Gasteiger partial charge in [-0.3, -0.25) is 9.69 Å². The van der Waals surface area contributed by atoms with Crippen molar-refractivity contribution >= 4 is 39.2 Å². The summed E-state index contributed by atoms with van der Waals surface area (Å²) in [6.07, 6.45) is 5.47. The number of methoxy groups -OCH3 is 1. The monoisotopic (exact) mass is 665 g/mol. The van der Waals surface area contributed by atoms with Crippen LogP contribution in [-0.4, -0.2) is 97.1 Å². The standard InChI is InChI=1S/C32H37BrFN7O3/c1-38-13-15-40(16-14-38)20-7-11-41(12-8-20)25-18-27(43-3)24(17-23(25)34)36-31-35-19-22(33)29(37-31)44-26-6-4-5-21-28(26)30(42)39(2)32(21)9-10-32/h4-6,17-20H,7-16H2,1-3H3,(H,35,36,37). The number of benzene rings is 2. The zero-order chi connectivity index (χ0) is 30.6. The van der Waals surface area contributed by atoms with Crippen LogP contribution in [0.25, 0.3) is 0 Å². The number of rotatable bonds is 7. The molecule has 1 saturated carbocycles. The maximum atomic E-state index is 15.6. The van der Waals surface area contributed by atoms with E-state index >= 15 is 4.39 Å². The molecule has 44 heavy (non-hydrogen) atoms. The molecule has 4 aliphatic rings. The van der Waals surface area contributed by atoms with Gasteiger partial charge in [-0.05, 0) is 60.3 Å². The number of carbonyl (C=O) groups is 1. The highest BCUT2D eigenvalue weighted by atomic mass is 79.9. The summed E-state index contributed by atoms with van der Waals surface area (Å²) in [6.45, 7) is 5.98. The number of likely N-dealkylation sites (N-methyl/N-ethyl adjacent to an activating group) is 1. The number of amides is 1. The Balaban J connectivity index is 1.07. The Hall–Kier alpha value is -3.48. The number of carbonyl (C=O) groups excluding carboxylic acids is 1. The number of nitrogens with zero attached hydrogens (tertiary/aromatic N) is 6. The summed E-state index contributed by atoms with van der Waals surface area (Å²) >= 11 is 3.47. The molecule has 3 fully saturated rings. The van der Waals surface area contributed by atoms with Gasteiger partial charge in [0.25, 0.3) is 5.91 Å². The summed E-state index contributed by atoms with van der Waals surface area (Å²) in [5.74, 6) is 0.981. The van der Waals surface area contributed by atoms with Crippen LogP contribution in [0.5, 0.6) is 17.4 Å². The van der Waals surface area contributed by atoms with Crippen LogP contribution in [0.15, 0.2) is 41.0 Å². The number of hydrogen-bond acceptors (Lipinski definition) is 9. The van der Waals surface area contributed by atoms with Gasteiger partial charge in [-0.15, -0.1) is 0 Å². The first-order valence-electron chi connectivity index (χ1n) is 15.2. The lowest BCUT2D eigenvalue weighted by molar-refractivity contribution is 0.0753. The van der Waals surface area contributed by atoms with Gasteiger partial charge in [-0.25, -0.2) is 9.37 Å². The number of fused-ring (bicyclic) bond motifs is 2. The van der Waals surface area contributed by atoms with Crippen LogP contribution < -0.4 is 19.7 Å². The van der Waals surface area contributed by atoms with Gasteiger partial charge in [0, 0.05) is 64.5 Å². The summed E-state index contributed by atoms with van der Waals surface area (Å²) in [5.41, 5.74) is 2.29. The van der Waals surface area contributed by atoms with Gasteiger partial charge in [0.2, 0.25) is 11.8 Å². The van der Waals surface area contributed by atoms with E-state index in [9.17, 15) is 4.79 Å². The molecular weight excluding hydrogens is 629 g/mol. The number of hydrogen-bond donors (Lipinski definition) is 1. The maximum absolute atomic E-state index is 15.6. The lowest BCUT2D eigenvalue weighted by Crippen LogP contribution is -2.52. The minimum absolute atomic E-state index is 0.0551. The quantitative estimate of drug-likeness (QED) is 0.365. The molecule has 1 aliphatic carbocycles. The Morgan fingerprint density at radius 3 is 2.50 bits per heavy atom. The second-order valence-electron chi connectivity index (χ2n) is 12.2. The van der Waals surface area contributed by atoms with Crippen LogP contribution in [0, 0.1) is 5.82 Å². The fourth-order valence-electron chi connectivity index (χ4n) is 6.91. The van der Waals surface area contributed by atoms with Crippen LogP contribution in [-0.2, 0) is 5.54 Å². The number of piperazine rings is 1. The van der Waals surface area contributed by atoms with Gasteiger partial charge < -0.3 is 29.5 Å². The molecule has 2 saturated heterocycles. The Morgan fingerprint density at radius 2 is 1.80 bits per heavy atom. The molecule has 12 heteroatoms. The number of anilines is 3. The van der Waals surface area contributed by atoms with E-state index in [-0.39, 0.29) is 29.1 Å². The van der Waals surface area contributed by atoms with Crippen molar-refractivity contribution in [1.82, 2.24) is 24.7 Å². The fourth-order valence-corrected chi connectivity index (χ4v) is 7.18. The summed E-state index contributed by atoms with van der Waals surface area (Å²) in [5, 5.41) is 3.10. The predicted octanol–water partition coefficient (Wildman–Crippen LogP) is 5.21. The SMILES string of the molecule is COc1cc(N2CCC(N3CCN(C)CC3)CC2)c(F)cc1Nc1ncc(Br)c(Oc2cccc3c2C(=O)N(C)C32CC2)n1. The first-order valence-corrected chi connectivity index (χ1v) is 16.0. The highest BCUT2D eigenvalue weighted by molar-refractivity contribution is 9.10. The van der Waals surface area contributed by atoms with E-state index in [4.69, 9.17) is 9.47 Å². The normalized spacial score (nSPS) is 20.2. The Kier molecular flexibility index (Phi) is 7.62. The van der Waals surface area contributed by atoms with Crippen molar-refractivity contribution in [2.24, 2.45) is 0 Å². The highest BCUT2D eigenvalue weighted by Gasteiger charge is 2.57. The molecule has 0 atom stereocenters. The molecule has 0 bridgehead atoms. The summed E-state index contributed by atoms with van der Waals surface area (Å²) in [7, 11) is 5.58. The van der Waals surface area contributed by atoms with Crippen LogP contribution in [0.2, 0.25) is 0 Å². The van der Waals surface area contributed by atoms with Crippen LogP contribution in [0.4, 0.5) is 21.7 Å². The second kappa shape index (κ2) is 11.5. The Bertz CT molecular complexity index is 1590. The summed E-state index contributed by atoms with van der Waals surface area (Å²) < 4.78 is 28.0. The fraction of sp³-hybridized carbons (Fsp3) is 0.469. The van der Waals surface area contributed by atoms with E-state index in [1.54, 1.807) is 25.4 Å². The third kappa shape index (κ3) is 5.16. The van der Waals surface area contributed by atoms with E-state index in [2.05, 4.69) is 53.0 Å². The highest BCUT2D eigenvalue weighted by Crippen LogP contribution is 2.57. The van der Waals surface area contributed by atoms with Gasteiger partial charge in [0.1, 0.15) is 17.3 Å². The van der Waals surface area contributed by atoms with Gasteiger partial charge in [0.05, 0.1) is 40.3 Å². The van der Waals surface area contributed by atoms with Gasteiger partial charge >= 0.3 is 0 Å². The van der Waals surface area contributed by atoms with Crippen molar-refractivity contribution in [2.75, 3.05) is 70.7 Å². The van der Waals surface area contributed by atoms with Gasteiger partial charge in [-0.1, -0.05) is 12.1 Å². The number of aromatic nitrogens is 2. The molecule has 1 aromatic heterocycles. The minimum Gasteiger partial charge on any atom is -0.494 e. The molecule has 1 spiro atoms. The third-order valence-corrected chi connectivity index (χ3v) is 10.2. The van der Waals surface area contributed by atoms with Crippen molar-refractivity contribution in [2.45, 2.75) is 37.3 Å².